The van der Waals surface area contributed by atoms with Gasteiger partial charge in [-0.05, 0) is 49.6 Å². The maximum Gasteiger partial charge on any atom is 0.355 e. The molecule has 0 unspecified atom stereocenters. The SMILES string of the molecule is C[C@H](Oc1cc(-c2nn(C)c3c(-c4cnn(CCCCCCCCCO)c4)cnc(N)c23)ccc1NS(=O)(=O)C(F)F)c1ccc(F)cc1. The van der Waals surface area contributed by atoms with Crippen LogP contribution in [0.15, 0.2) is 61.1 Å². The third kappa shape index (κ3) is 8.51. The van der Waals surface area contributed by atoms with Crippen LogP contribution >= 0.6 is 0 Å². The smallest absolute Gasteiger partial charge is 0.355 e. The van der Waals surface area contributed by atoms with E-state index >= 15 is 0 Å². The van der Waals surface area contributed by atoms with E-state index in [0.29, 0.717) is 27.7 Å². The topological polar surface area (TPSA) is 150 Å². The van der Waals surface area contributed by atoms with E-state index in [1.54, 1.807) is 31.0 Å². The number of unbranched alkanes of at least 4 members (excludes halogenated alkanes) is 6. The Labute approximate surface area is 283 Å². The zero-order chi connectivity index (χ0) is 35.1. The Balaban J connectivity index is 1.44. The molecule has 1 atom stereocenters. The van der Waals surface area contributed by atoms with Gasteiger partial charge in [-0.1, -0.05) is 50.3 Å². The molecular formula is C34H40F3N7O4S. The van der Waals surface area contributed by atoms with Crippen LogP contribution in [-0.4, -0.2) is 50.4 Å². The molecule has 0 aliphatic carbocycles. The van der Waals surface area contributed by atoms with Crippen LogP contribution in [0, 0.1) is 5.82 Å². The van der Waals surface area contributed by atoms with Gasteiger partial charge in [-0.2, -0.15) is 19.0 Å². The third-order valence-corrected chi connectivity index (χ3v) is 9.24. The van der Waals surface area contributed by atoms with Crippen molar-refractivity contribution in [1.82, 2.24) is 24.5 Å². The molecule has 49 heavy (non-hydrogen) atoms. The molecule has 0 saturated carbocycles. The van der Waals surface area contributed by atoms with E-state index in [-0.39, 0.29) is 23.9 Å². The van der Waals surface area contributed by atoms with Crippen molar-refractivity contribution in [3.05, 3.63) is 72.4 Å². The average Bonchev–Trinajstić information content (AvgIpc) is 3.68. The van der Waals surface area contributed by atoms with Crippen LogP contribution in [0.25, 0.3) is 33.3 Å². The number of anilines is 2. The van der Waals surface area contributed by atoms with E-state index in [1.165, 1.54) is 42.5 Å². The van der Waals surface area contributed by atoms with E-state index in [9.17, 15) is 21.6 Å². The Morgan fingerprint density at radius 2 is 1.67 bits per heavy atom. The van der Waals surface area contributed by atoms with Crippen molar-refractivity contribution in [2.45, 2.75) is 70.3 Å². The first-order valence-corrected chi connectivity index (χ1v) is 17.6. The molecule has 0 fully saturated rings. The van der Waals surface area contributed by atoms with E-state index in [1.807, 2.05) is 15.6 Å². The minimum absolute atomic E-state index is 0.0496. The van der Waals surface area contributed by atoms with Gasteiger partial charge in [-0.25, -0.2) is 17.8 Å². The number of nitrogen functional groups attached to an aromatic ring is 1. The molecule has 0 aliphatic rings. The second-order valence-corrected chi connectivity index (χ2v) is 13.5. The number of hydrogen-bond donors (Lipinski definition) is 3. The summed E-state index contributed by atoms with van der Waals surface area (Å²) in [5.41, 5.74) is 9.92. The van der Waals surface area contributed by atoms with Crippen LogP contribution in [0.1, 0.15) is 63.5 Å². The Kier molecular flexibility index (Phi) is 11.4. The summed E-state index contributed by atoms with van der Waals surface area (Å²) in [5, 5.41) is 18.7. The first kappa shape index (κ1) is 35.7. The van der Waals surface area contributed by atoms with E-state index in [2.05, 4.69) is 10.1 Å². The van der Waals surface area contributed by atoms with Crippen molar-refractivity contribution in [2.24, 2.45) is 7.05 Å². The predicted molar refractivity (Wildman–Crippen MR) is 183 cm³/mol. The molecular weight excluding hydrogens is 659 g/mol. The number of alkyl halides is 2. The van der Waals surface area contributed by atoms with Crippen LogP contribution in [0.3, 0.4) is 0 Å². The highest BCUT2D eigenvalue weighted by atomic mass is 32.2. The number of benzene rings is 2. The highest BCUT2D eigenvalue weighted by molar-refractivity contribution is 7.93. The number of rotatable bonds is 17. The fourth-order valence-corrected chi connectivity index (χ4v) is 6.25. The van der Waals surface area contributed by atoms with Gasteiger partial charge in [-0.3, -0.25) is 14.1 Å². The van der Waals surface area contributed by atoms with Crippen molar-refractivity contribution >= 4 is 32.4 Å². The quantitative estimate of drug-likeness (QED) is 0.0875. The van der Waals surface area contributed by atoms with Crippen molar-refractivity contribution in [3.63, 3.8) is 0 Å². The fourth-order valence-electron chi connectivity index (χ4n) is 5.68. The maximum absolute atomic E-state index is 13.5. The lowest BCUT2D eigenvalue weighted by Crippen LogP contribution is -2.21. The number of nitrogens with one attached hydrogen (secondary N) is 1. The van der Waals surface area contributed by atoms with Gasteiger partial charge in [0.25, 0.3) is 10.0 Å². The molecule has 262 valence electrons. The van der Waals surface area contributed by atoms with Crippen molar-refractivity contribution in [1.29, 1.82) is 0 Å². The van der Waals surface area contributed by atoms with E-state index in [4.69, 9.17) is 20.7 Å². The number of aliphatic hydroxyl groups excluding tert-OH is 1. The van der Waals surface area contributed by atoms with Crippen LogP contribution < -0.4 is 15.2 Å². The molecule has 0 aliphatic heterocycles. The molecule has 3 aromatic heterocycles. The first-order valence-electron chi connectivity index (χ1n) is 16.1. The summed E-state index contributed by atoms with van der Waals surface area (Å²) in [6.45, 7) is 2.67. The number of aliphatic hydroxyl groups is 1. The molecule has 5 rings (SSSR count). The Hall–Kier alpha value is -4.63. The number of aryl methyl sites for hydroxylation is 2. The van der Waals surface area contributed by atoms with Gasteiger partial charge in [0.05, 0.1) is 22.8 Å². The van der Waals surface area contributed by atoms with Gasteiger partial charge < -0.3 is 15.6 Å². The summed E-state index contributed by atoms with van der Waals surface area (Å²) < 4.78 is 75.9. The molecule has 0 saturated heterocycles. The summed E-state index contributed by atoms with van der Waals surface area (Å²) in [7, 11) is -3.26. The predicted octanol–water partition coefficient (Wildman–Crippen LogP) is 7.05. The fraction of sp³-hybridized carbons (Fsp3) is 0.382. The minimum Gasteiger partial charge on any atom is -0.484 e. The number of nitrogens with zero attached hydrogens (tertiary/aromatic N) is 5. The molecule has 0 radical (unpaired) electrons. The zero-order valence-electron chi connectivity index (χ0n) is 27.3. The maximum atomic E-state index is 13.5. The summed E-state index contributed by atoms with van der Waals surface area (Å²) >= 11 is 0. The lowest BCUT2D eigenvalue weighted by Gasteiger charge is -2.19. The summed E-state index contributed by atoms with van der Waals surface area (Å²) in [5.74, 6) is -3.96. The van der Waals surface area contributed by atoms with Crippen LogP contribution in [-0.2, 0) is 23.6 Å². The molecule has 11 nitrogen and oxygen atoms in total. The van der Waals surface area contributed by atoms with Gasteiger partial charge >= 0.3 is 5.76 Å². The molecule has 0 spiro atoms. The molecule has 2 aromatic carbocycles. The summed E-state index contributed by atoms with van der Waals surface area (Å²) in [6, 6.07) is 9.87. The van der Waals surface area contributed by atoms with Gasteiger partial charge in [0.1, 0.15) is 29.2 Å². The van der Waals surface area contributed by atoms with Crippen molar-refractivity contribution in [3.8, 4) is 28.1 Å². The van der Waals surface area contributed by atoms with Crippen molar-refractivity contribution < 1.29 is 31.4 Å². The molecule has 3 heterocycles. The first-order chi connectivity index (χ1) is 23.5. The molecule has 15 heteroatoms. The lowest BCUT2D eigenvalue weighted by molar-refractivity contribution is 0.228. The lowest BCUT2D eigenvalue weighted by atomic mass is 10.0. The molecule has 4 N–H and O–H groups in total. The molecule has 5 aromatic rings. The van der Waals surface area contributed by atoms with Gasteiger partial charge in [0, 0.05) is 49.3 Å². The van der Waals surface area contributed by atoms with E-state index in [0.717, 1.165) is 62.6 Å². The number of hydrogen-bond acceptors (Lipinski definition) is 8. The van der Waals surface area contributed by atoms with Gasteiger partial charge in [0.15, 0.2) is 0 Å². The van der Waals surface area contributed by atoms with Gasteiger partial charge in [0.2, 0.25) is 0 Å². The van der Waals surface area contributed by atoms with Gasteiger partial charge in [-0.15, -0.1) is 0 Å². The Morgan fingerprint density at radius 3 is 2.37 bits per heavy atom. The largest absolute Gasteiger partial charge is 0.484 e. The number of sulfonamides is 1. The van der Waals surface area contributed by atoms with Crippen LogP contribution in [0.5, 0.6) is 5.75 Å². The Bertz CT molecular complexity index is 1980. The highest BCUT2D eigenvalue weighted by Gasteiger charge is 2.27. The summed E-state index contributed by atoms with van der Waals surface area (Å²) in [4.78, 5) is 4.45. The standard InChI is InChI=1S/C34H40F3N7O4S/c1-22(23-10-13-26(35)14-11-23)48-29-18-24(12-15-28(29)42-49(46,47)34(36)37)31-30-32(43(2)41-31)27(20-39-33(30)38)25-19-40-44(21-25)16-8-6-4-3-5-7-9-17-45/h10-15,18-22,34,42,45H,3-9,16-17H2,1-2H3,(H2,38,39)/t22-/m0/s1. The second kappa shape index (κ2) is 15.7. The van der Waals surface area contributed by atoms with Crippen LogP contribution in [0.2, 0.25) is 0 Å². The third-order valence-electron chi connectivity index (χ3n) is 8.27. The monoisotopic (exact) mass is 699 g/mol. The molecule has 0 amide bonds. The molecule has 0 bridgehead atoms. The summed E-state index contributed by atoms with van der Waals surface area (Å²) in [6.07, 6.45) is 12.1. The van der Waals surface area contributed by atoms with Crippen molar-refractivity contribution in [2.75, 3.05) is 17.1 Å². The highest BCUT2D eigenvalue weighted by Crippen LogP contribution is 2.40. The number of ether oxygens (including phenoxy) is 1. The number of halogens is 3. The Morgan fingerprint density at radius 1 is 0.980 bits per heavy atom. The zero-order valence-corrected chi connectivity index (χ0v) is 28.1. The minimum atomic E-state index is -5.02. The average molecular weight is 700 g/mol. The number of nitrogens with two attached hydrogens (primary N) is 1. The number of fused-ring (bicyclic) bond motifs is 1. The normalized spacial score (nSPS) is 12.6. The van der Waals surface area contributed by atoms with E-state index < -0.39 is 27.7 Å². The number of pyridine rings is 1. The second-order valence-electron chi connectivity index (χ2n) is 11.9. The number of aromatic nitrogens is 5. The van der Waals surface area contributed by atoms with Crippen LogP contribution in [0.4, 0.5) is 24.7 Å².